The molecule has 0 bridgehead atoms. The third kappa shape index (κ3) is 3.71. The molecule has 0 aliphatic carbocycles. The highest BCUT2D eigenvalue weighted by atomic mass is 35.5. The topological polar surface area (TPSA) is 44.7 Å². The number of likely N-dealkylation sites (N-methyl/N-ethyl adjacent to an activating group) is 1. The van der Waals surface area contributed by atoms with Crippen LogP contribution in [0.3, 0.4) is 0 Å². The second-order valence-corrected chi connectivity index (χ2v) is 5.51. The maximum Gasteiger partial charge on any atom is 0.199 e. The molecule has 1 aliphatic heterocycles. The predicted molar refractivity (Wildman–Crippen MR) is 80.8 cm³/mol. The summed E-state index contributed by atoms with van der Waals surface area (Å²) in [5.41, 5.74) is 0. The minimum atomic E-state index is 0.368. The predicted octanol–water partition coefficient (Wildman–Crippen LogP) is 0.822. The molecule has 0 radical (unpaired) electrons. The van der Waals surface area contributed by atoms with E-state index in [9.17, 15) is 0 Å². The quantitative estimate of drug-likeness (QED) is 0.750. The Kier molecular flexibility index (Phi) is 5.39. The highest BCUT2D eigenvalue weighted by molar-refractivity contribution is 6.31. The van der Waals surface area contributed by atoms with Crippen LogP contribution in [0.1, 0.15) is 0 Å². The number of hydrogen-bond acceptors (Lipinski definition) is 6. The molecule has 1 aromatic rings. The van der Waals surface area contributed by atoms with Gasteiger partial charge in [0.15, 0.2) is 16.7 Å². The van der Waals surface area contributed by atoms with Crippen LogP contribution in [0.25, 0.3) is 0 Å². The summed E-state index contributed by atoms with van der Waals surface area (Å²) < 4.78 is 5.32. The molecule has 1 aromatic heterocycles. The zero-order chi connectivity index (χ0) is 14.5. The number of piperazine rings is 1. The number of halogens is 1. The van der Waals surface area contributed by atoms with Crippen molar-refractivity contribution in [2.45, 2.75) is 0 Å². The van der Waals surface area contributed by atoms with E-state index in [1.54, 1.807) is 7.11 Å². The maximum absolute atomic E-state index is 6.04. The van der Waals surface area contributed by atoms with Gasteiger partial charge in [0.05, 0.1) is 7.11 Å². The Balaban J connectivity index is 1.95. The zero-order valence-electron chi connectivity index (χ0n) is 12.3. The molecule has 2 heterocycles. The van der Waals surface area contributed by atoms with Gasteiger partial charge >= 0.3 is 0 Å². The molecule has 112 valence electrons. The van der Waals surface area contributed by atoms with Gasteiger partial charge in [-0.05, 0) is 14.1 Å². The van der Waals surface area contributed by atoms with Gasteiger partial charge in [-0.3, -0.25) is 4.90 Å². The van der Waals surface area contributed by atoms with Crippen molar-refractivity contribution in [3.05, 3.63) is 11.5 Å². The molecule has 0 spiro atoms. The first-order valence-electron chi connectivity index (χ1n) is 6.78. The van der Waals surface area contributed by atoms with Crippen LogP contribution in [0.5, 0.6) is 5.75 Å². The number of nitrogens with zero attached hydrogens (tertiary/aromatic N) is 5. The van der Waals surface area contributed by atoms with Crippen molar-refractivity contribution in [1.82, 2.24) is 19.8 Å². The summed E-state index contributed by atoms with van der Waals surface area (Å²) in [5, 5.41) is 0.368. The van der Waals surface area contributed by atoms with Crippen LogP contribution in [-0.2, 0) is 0 Å². The van der Waals surface area contributed by atoms with Crippen LogP contribution in [0.4, 0.5) is 5.82 Å². The van der Waals surface area contributed by atoms with E-state index in [0.29, 0.717) is 10.9 Å². The lowest BCUT2D eigenvalue weighted by Crippen LogP contribution is -2.48. The molecule has 1 aliphatic rings. The summed E-state index contributed by atoms with van der Waals surface area (Å²) in [6, 6.07) is 0. The normalized spacial score (nSPS) is 16.8. The molecule has 20 heavy (non-hydrogen) atoms. The van der Waals surface area contributed by atoms with E-state index in [1.807, 2.05) is 0 Å². The lowest BCUT2D eigenvalue weighted by atomic mass is 10.3. The lowest BCUT2D eigenvalue weighted by Gasteiger charge is -2.36. The average molecular weight is 300 g/mol. The maximum atomic E-state index is 6.04. The fourth-order valence-electron chi connectivity index (χ4n) is 2.27. The number of hydrogen-bond donors (Lipinski definition) is 0. The van der Waals surface area contributed by atoms with Crippen molar-refractivity contribution in [2.24, 2.45) is 0 Å². The first-order valence-corrected chi connectivity index (χ1v) is 7.16. The van der Waals surface area contributed by atoms with Crippen molar-refractivity contribution >= 4 is 17.4 Å². The highest BCUT2D eigenvalue weighted by Gasteiger charge is 2.22. The number of rotatable bonds is 5. The van der Waals surface area contributed by atoms with E-state index in [0.717, 1.165) is 45.1 Å². The highest BCUT2D eigenvalue weighted by Crippen LogP contribution is 2.31. The molecular formula is C13H22ClN5O. The number of anilines is 1. The van der Waals surface area contributed by atoms with Gasteiger partial charge in [-0.15, -0.1) is 0 Å². The minimum absolute atomic E-state index is 0.368. The first-order chi connectivity index (χ1) is 9.61. The van der Waals surface area contributed by atoms with Gasteiger partial charge < -0.3 is 14.5 Å². The largest absolute Gasteiger partial charge is 0.490 e. The Morgan fingerprint density at radius 3 is 2.55 bits per heavy atom. The Labute approximate surface area is 125 Å². The number of methoxy groups -OCH3 is 1. The summed E-state index contributed by atoms with van der Waals surface area (Å²) >= 11 is 6.04. The van der Waals surface area contributed by atoms with Gasteiger partial charge in [0.2, 0.25) is 0 Å². The molecule has 0 saturated carbocycles. The van der Waals surface area contributed by atoms with Crippen LogP contribution < -0.4 is 9.64 Å². The minimum Gasteiger partial charge on any atom is -0.490 e. The summed E-state index contributed by atoms with van der Waals surface area (Å²) in [5.74, 6) is 1.36. The average Bonchev–Trinajstić information content (AvgIpc) is 2.45. The van der Waals surface area contributed by atoms with Crippen LogP contribution in [0, 0.1) is 0 Å². The molecular weight excluding hydrogens is 278 g/mol. The number of aromatic nitrogens is 2. The second-order valence-electron chi connectivity index (χ2n) is 5.15. The number of ether oxygens (including phenoxy) is 1. The van der Waals surface area contributed by atoms with Gasteiger partial charge in [-0.2, -0.15) is 0 Å². The van der Waals surface area contributed by atoms with Gasteiger partial charge in [-0.25, -0.2) is 9.97 Å². The van der Waals surface area contributed by atoms with Crippen LogP contribution >= 0.6 is 11.6 Å². The van der Waals surface area contributed by atoms with Gasteiger partial charge in [0.25, 0.3) is 0 Å². The summed E-state index contributed by atoms with van der Waals surface area (Å²) in [6.45, 7) is 6.09. The Hall–Kier alpha value is -1.11. The molecule has 0 atom stereocenters. The van der Waals surface area contributed by atoms with Crippen molar-refractivity contribution < 1.29 is 4.74 Å². The van der Waals surface area contributed by atoms with E-state index in [2.05, 4.69) is 38.8 Å². The third-order valence-corrected chi connectivity index (χ3v) is 3.75. The van der Waals surface area contributed by atoms with E-state index in [4.69, 9.17) is 16.3 Å². The van der Waals surface area contributed by atoms with Gasteiger partial charge in [0, 0.05) is 39.3 Å². The van der Waals surface area contributed by atoms with Crippen LogP contribution in [-0.4, -0.2) is 80.2 Å². The Morgan fingerprint density at radius 2 is 1.95 bits per heavy atom. The molecule has 0 unspecified atom stereocenters. The molecule has 0 N–H and O–H groups in total. The van der Waals surface area contributed by atoms with Gasteiger partial charge in [0.1, 0.15) is 6.33 Å². The summed E-state index contributed by atoms with van der Waals surface area (Å²) in [4.78, 5) is 15.1. The summed E-state index contributed by atoms with van der Waals surface area (Å²) in [6.07, 6.45) is 1.48. The Morgan fingerprint density at radius 1 is 1.25 bits per heavy atom. The standard InChI is InChI=1S/C13H22ClN5O/c1-17(2)4-5-18-6-8-19(9-7-18)13-11(20-3)12(14)15-10-16-13/h10H,4-9H2,1-3H3. The van der Waals surface area contributed by atoms with Crippen molar-refractivity contribution in [1.29, 1.82) is 0 Å². The van der Waals surface area contributed by atoms with E-state index < -0.39 is 0 Å². The van der Waals surface area contributed by atoms with E-state index in [-0.39, 0.29) is 0 Å². The lowest BCUT2D eigenvalue weighted by molar-refractivity contribution is 0.228. The molecule has 1 fully saturated rings. The van der Waals surface area contributed by atoms with Crippen LogP contribution in [0.15, 0.2) is 6.33 Å². The Bertz CT molecular complexity index is 435. The first kappa shape index (κ1) is 15.3. The monoisotopic (exact) mass is 299 g/mol. The molecule has 1 saturated heterocycles. The fourth-order valence-corrected chi connectivity index (χ4v) is 2.47. The second kappa shape index (κ2) is 7.06. The van der Waals surface area contributed by atoms with Crippen molar-refractivity contribution in [2.75, 3.05) is 65.4 Å². The fraction of sp³-hybridized carbons (Fsp3) is 0.692. The molecule has 0 amide bonds. The van der Waals surface area contributed by atoms with Crippen molar-refractivity contribution in [3.63, 3.8) is 0 Å². The van der Waals surface area contributed by atoms with Crippen molar-refractivity contribution in [3.8, 4) is 5.75 Å². The zero-order valence-corrected chi connectivity index (χ0v) is 13.1. The molecule has 0 aromatic carbocycles. The SMILES string of the molecule is COc1c(Cl)ncnc1N1CCN(CCN(C)C)CC1. The molecule has 6 nitrogen and oxygen atoms in total. The molecule has 2 rings (SSSR count). The van der Waals surface area contributed by atoms with Gasteiger partial charge in [-0.1, -0.05) is 11.6 Å². The third-order valence-electron chi connectivity index (χ3n) is 3.48. The summed E-state index contributed by atoms with van der Waals surface area (Å²) in [7, 11) is 5.80. The smallest absolute Gasteiger partial charge is 0.199 e. The van der Waals surface area contributed by atoms with E-state index >= 15 is 0 Å². The van der Waals surface area contributed by atoms with E-state index in [1.165, 1.54) is 6.33 Å². The van der Waals surface area contributed by atoms with Crippen LogP contribution in [0.2, 0.25) is 5.15 Å². The molecule has 7 heteroatoms.